The van der Waals surface area contributed by atoms with Crippen LogP contribution in [0.1, 0.15) is 65.7 Å². The summed E-state index contributed by atoms with van der Waals surface area (Å²) in [5.74, 6) is 0.185. The smallest absolute Gasteiger partial charge is 0.225 e. The monoisotopic (exact) mass is 309 g/mol. The molecule has 1 aliphatic heterocycles. The Kier molecular flexibility index (Phi) is 5.15. The summed E-state index contributed by atoms with van der Waals surface area (Å²) in [6.45, 7) is 7.28. The Morgan fingerprint density at radius 2 is 1.95 bits per heavy atom. The van der Waals surface area contributed by atoms with Crippen molar-refractivity contribution in [3.05, 3.63) is 0 Å². The average Bonchev–Trinajstić information content (AvgIpc) is 2.80. The third-order valence-corrected chi connectivity index (χ3v) is 5.18. The van der Waals surface area contributed by atoms with Crippen molar-refractivity contribution < 1.29 is 9.59 Å². The molecule has 1 aliphatic carbocycles. The molecule has 1 atom stereocenters. The van der Waals surface area contributed by atoms with Crippen LogP contribution in [0.2, 0.25) is 0 Å². The van der Waals surface area contributed by atoms with Crippen molar-refractivity contribution >= 4 is 11.8 Å². The van der Waals surface area contributed by atoms with E-state index < -0.39 is 0 Å². The van der Waals surface area contributed by atoms with Gasteiger partial charge in [-0.25, -0.2) is 0 Å². The molecule has 0 bridgehead atoms. The molecule has 5 heteroatoms. The van der Waals surface area contributed by atoms with Crippen LogP contribution < -0.4 is 11.1 Å². The summed E-state index contributed by atoms with van der Waals surface area (Å²) >= 11 is 0. The van der Waals surface area contributed by atoms with Crippen molar-refractivity contribution in [1.82, 2.24) is 10.2 Å². The summed E-state index contributed by atoms with van der Waals surface area (Å²) in [7, 11) is 0. The Morgan fingerprint density at radius 3 is 2.45 bits per heavy atom. The van der Waals surface area contributed by atoms with Gasteiger partial charge in [0.05, 0.1) is 6.04 Å². The lowest BCUT2D eigenvalue weighted by molar-refractivity contribution is -0.131. The minimum absolute atomic E-state index is 0.0192. The van der Waals surface area contributed by atoms with Gasteiger partial charge >= 0.3 is 0 Å². The zero-order valence-electron chi connectivity index (χ0n) is 14.3. The standard InChI is InChI=1S/C17H31N3O2/c1-16(2,3)20-11-13(9-15(20)22)19-14(21)10-17(12-18)7-5-4-6-8-17/h13H,4-12,18H2,1-3H3,(H,19,21). The van der Waals surface area contributed by atoms with Gasteiger partial charge in [-0.3, -0.25) is 9.59 Å². The second-order valence-corrected chi connectivity index (χ2v) is 8.09. The van der Waals surface area contributed by atoms with Gasteiger partial charge in [-0.15, -0.1) is 0 Å². The van der Waals surface area contributed by atoms with Crippen molar-refractivity contribution in [3.8, 4) is 0 Å². The van der Waals surface area contributed by atoms with E-state index in [-0.39, 0.29) is 28.8 Å². The molecule has 2 amide bonds. The summed E-state index contributed by atoms with van der Waals surface area (Å²) in [6.07, 6.45) is 6.61. The topological polar surface area (TPSA) is 75.4 Å². The maximum absolute atomic E-state index is 12.4. The number of hydrogen-bond donors (Lipinski definition) is 2. The first kappa shape index (κ1) is 17.3. The lowest BCUT2D eigenvalue weighted by atomic mass is 9.71. The van der Waals surface area contributed by atoms with Crippen LogP contribution >= 0.6 is 0 Å². The van der Waals surface area contributed by atoms with Crippen LogP contribution in [0.15, 0.2) is 0 Å². The molecule has 0 aromatic carbocycles. The fourth-order valence-corrected chi connectivity index (χ4v) is 3.83. The molecule has 1 saturated carbocycles. The van der Waals surface area contributed by atoms with E-state index >= 15 is 0 Å². The van der Waals surface area contributed by atoms with E-state index in [2.05, 4.69) is 5.32 Å². The molecule has 1 saturated heterocycles. The van der Waals surface area contributed by atoms with E-state index in [0.717, 1.165) is 12.8 Å². The molecule has 0 aromatic heterocycles. The van der Waals surface area contributed by atoms with Crippen molar-refractivity contribution in [2.45, 2.75) is 77.3 Å². The summed E-state index contributed by atoms with van der Waals surface area (Å²) in [5, 5.41) is 3.06. The normalized spacial score (nSPS) is 25.4. The van der Waals surface area contributed by atoms with Crippen LogP contribution in [0.5, 0.6) is 0 Å². The highest BCUT2D eigenvalue weighted by molar-refractivity contribution is 5.83. The molecule has 3 N–H and O–H groups in total. The van der Waals surface area contributed by atoms with Gasteiger partial charge < -0.3 is 16.0 Å². The molecule has 2 rings (SSSR count). The van der Waals surface area contributed by atoms with E-state index in [0.29, 0.717) is 25.9 Å². The fourth-order valence-electron chi connectivity index (χ4n) is 3.83. The number of carbonyl (C=O) groups excluding carboxylic acids is 2. The highest BCUT2D eigenvalue weighted by Gasteiger charge is 2.38. The fraction of sp³-hybridized carbons (Fsp3) is 0.882. The maximum Gasteiger partial charge on any atom is 0.225 e. The van der Waals surface area contributed by atoms with Crippen molar-refractivity contribution in [1.29, 1.82) is 0 Å². The lowest BCUT2D eigenvalue weighted by Gasteiger charge is -2.36. The number of carbonyl (C=O) groups is 2. The highest BCUT2D eigenvalue weighted by Crippen LogP contribution is 2.38. The Balaban J connectivity index is 1.89. The number of rotatable bonds is 4. The number of hydrogen-bond acceptors (Lipinski definition) is 3. The van der Waals surface area contributed by atoms with Gasteiger partial charge in [0.1, 0.15) is 0 Å². The number of nitrogens with zero attached hydrogens (tertiary/aromatic N) is 1. The molecule has 2 fully saturated rings. The van der Waals surface area contributed by atoms with E-state index in [4.69, 9.17) is 5.73 Å². The largest absolute Gasteiger partial charge is 0.351 e. The van der Waals surface area contributed by atoms with Gasteiger partial charge in [-0.1, -0.05) is 19.3 Å². The Morgan fingerprint density at radius 1 is 1.32 bits per heavy atom. The Bertz CT molecular complexity index is 422. The van der Waals surface area contributed by atoms with E-state index in [9.17, 15) is 9.59 Å². The third-order valence-electron chi connectivity index (χ3n) is 5.18. The summed E-state index contributed by atoms with van der Waals surface area (Å²) in [6, 6.07) is -0.0577. The molecule has 1 unspecified atom stereocenters. The summed E-state index contributed by atoms with van der Waals surface area (Å²) in [4.78, 5) is 26.3. The summed E-state index contributed by atoms with van der Waals surface area (Å²) < 4.78 is 0. The van der Waals surface area contributed by atoms with Crippen molar-refractivity contribution in [3.63, 3.8) is 0 Å². The molecule has 2 aliphatic rings. The predicted octanol–water partition coefficient (Wildman–Crippen LogP) is 1.80. The average molecular weight is 309 g/mol. The van der Waals surface area contributed by atoms with E-state index in [1.165, 1.54) is 19.3 Å². The molecule has 0 spiro atoms. The molecule has 126 valence electrons. The zero-order valence-corrected chi connectivity index (χ0v) is 14.3. The number of nitrogens with one attached hydrogen (secondary N) is 1. The minimum Gasteiger partial charge on any atom is -0.351 e. The van der Waals surface area contributed by atoms with Gasteiger partial charge in [0.25, 0.3) is 0 Å². The van der Waals surface area contributed by atoms with Crippen molar-refractivity contribution in [2.75, 3.05) is 13.1 Å². The molecular weight excluding hydrogens is 278 g/mol. The second kappa shape index (κ2) is 6.57. The Hall–Kier alpha value is -1.10. The molecule has 5 nitrogen and oxygen atoms in total. The van der Waals surface area contributed by atoms with E-state index in [1.807, 2.05) is 25.7 Å². The summed E-state index contributed by atoms with van der Waals surface area (Å²) in [5.41, 5.74) is 5.75. The third kappa shape index (κ3) is 4.00. The van der Waals surface area contributed by atoms with Crippen LogP contribution in [0.3, 0.4) is 0 Å². The van der Waals surface area contributed by atoms with Crippen LogP contribution in [0, 0.1) is 5.41 Å². The van der Waals surface area contributed by atoms with Crippen LogP contribution in [0.25, 0.3) is 0 Å². The molecular formula is C17H31N3O2. The van der Waals surface area contributed by atoms with Crippen LogP contribution in [-0.4, -0.2) is 41.4 Å². The first-order valence-electron chi connectivity index (χ1n) is 8.56. The molecule has 0 radical (unpaired) electrons. The number of nitrogens with two attached hydrogens (primary N) is 1. The van der Waals surface area contributed by atoms with Crippen LogP contribution in [-0.2, 0) is 9.59 Å². The lowest BCUT2D eigenvalue weighted by Crippen LogP contribution is -2.45. The van der Waals surface area contributed by atoms with Gasteiger partial charge in [-0.2, -0.15) is 0 Å². The van der Waals surface area contributed by atoms with Gasteiger partial charge in [0.2, 0.25) is 11.8 Å². The number of likely N-dealkylation sites (tertiary alicyclic amines) is 1. The van der Waals surface area contributed by atoms with Crippen molar-refractivity contribution in [2.24, 2.45) is 11.1 Å². The van der Waals surface area contributed by atoms with Crippen LogP contribution in [0.4, 0.5) is 0 Å². The maximum atomic E-state index is 12.4. The van der Waals surface area contributed by atoms with Gasteiger partial charge in [0, 0.05) is 24.9 Å². The molecule has 1 heterocycles. The number of amides is 2. The zero-order chi connectivity index (χ0) is 16.4. The minimum atomic E-state index is -0.182. The Labute approximate surface area is 134 Å². The van der Waals surface area contributed by atoms with Gasteiger partial charge in [0.15, 0.2) is 0 Å². The highest BCUT2D eigenvalue weighted by atomic mass is 16.2. The van der Waals surface area contributed by atoms with E-state index in [1.54, 1.807) is 0 Å². The quantitative estimate of drug-likeness (QED) is 0.831. The SMILES string of the molecule is CC(C)(C)N1CC(NC(=O)CC2(CN)CCCCC2)CC1=O. The first-order chi connectivity index (χ1) is 10.3. The first-order valence-corrected chi connectivity index (χ1v) is 8.56. The predicted molar refractivity (Wildman–Crippen MR) is 87.2 cm³/mol. The second-order valence-electron chi connectivity index (χ2n) is 8.09. The van der Waals surface area contributed by atoms with Gasteiger partial charge in [-0.05, 0) is 45.6 Å². The molecule has 22 heavy (non-hydrogen) atoms. The molecule has 0 aromatic rings.